The average Bonchev–Trinajstić information content (AvgIpc) is 3.03. The molecule has 0 aromatic heterocycles. The lowest BCUT2D eigenvalue weighted by Gasteiger charge is -2.42. The molecule has 1 aliphatic carbocycles. The molecule has 0 aromatic carbocycles. The van der Waals surface area contributed by atoms with Crippen LogP contribution in [0.2, 0.25) is 0 Å². The van der Waals surface area contributed by atoms with Gasteiger partial charge in [0.05, 0.1) is 20.3 Å². The van der Waals surface area contributed by atoms with Gasteiger partial charge in [0.15, 0.2) is 12.0 Å². The number of hydrogen-bond acceptors (Lipinski definition) is 12. The standard InChI is InChI=1S/C19H31N7O7/c1-30-10-4-3-8(5-11(10)31-2)15(27)33-12-6-25-16(20)23-9(7-32-18(22)28)13-19(25)14(12)26(19,29)17(21)24-13/h5,9,12-17,23-24,27,29H,3-4,6-7,20-21H2,1-2H3,(H-,22,28)/p+1. The third-order valence-corrected chi connectivity index (χ3v) is 7.63. The zero-order valence-electron chi connectivity index (χ0n) is 18.5. The number of aliphatic hydroxyl groups is 1. The highest BCUT2D eigenvalue weighted by atomic mass is 16.6. The number of rotatable bonds is 7. The third kappa shape index (κ3) is 2.97. The summed E-state index contributed by atoms with van der Waals surface area (Å²) in [6, 6.07) is -1.28. The Morgan fingerprint density at radius 1 is 1.33 bits per heavy atom. The summed E-state index contributed by atoms with van der Waals surface area (Å²) >= 11 is 0. The van der Waals surface area contributed by atoms with Crippen LogP contribution in [0.3, 0.4) is 0 Å². The van der Waals surface area contributed by atoms with Gasteiger partial charge in [0.25, 0.3) is 5.66 Å². The van der Waals surface area contributed by atoms with E-state index >= 15 is 0 Å². The van der Waals surface area contributed by atoms with E-state index < -0.39 is 59.5 Å². The van der Waals surface area contributed by atoms with E-state index in [2.05, 4.69) is 10.6 Å². The van der Waals surface area contributed by atoms with Crippen molar-refractivity contribution in [3.63, 3.8) is 0 Å². The summed E-state index contributed by atoms with van der Waals surface area (Å²) in [6.07, 6.45) is -1.29. The van der Waals surface area contributed by atoms with Gasteiger partial charge < -0.3 is 35.5 Å². The van der Waals surface area contributed by atoms with Crippen LogP contribution >= 0.6 is 0 Å². The van der Waals surface area contributed by atoms with Gasteiger partial charge in [0.2, 0.25) is 12.3 Å². The Kier molecular flexibility index (Phi) is 5.35. The van der Waals surface area contributed by atoms with E-state index in [0.717, 1.165) is 0 Å². The summed E-state index contributed by atoms with van der Waals surface area (Å²) in [4.78, 5) is 13.0. The van der Waals surface area contributed by atoms with Crippen molar-refractivity contribution in [3.8, 4) is 0 Å². The predicted octanol–water partition coefficient (Wildman–Crippen LogP) is -2.96. The molecule has 4 saturated heterocycles. The van der Waals surface area contributed by atoms with Gasteiger partial charge in [-0.1, -0.05) is 0 Å². The van der Waals surface area contributed by atoms with Crippen molar-refractivity contribution in [2.75, 3.05) is 27.4 Å². The summed E-state index contributed by atoms with van der Waals surface area (Å²) in [5, 5.41) is 28.8. The normalized spacial score (nSPS) is 44.6. The first kappa shape index (κ1) is 22.8. The van der Waals surface area contributed by atoms with Gasteiger partial charge in [0, 0.05) is 13.0 Å². The summed E-state index contributed by atoms with van der Waals surface area (Å²) in [5.74, 6) is 1.24. The zero-order chi connectivity index (χ0) is 23.7. The fourth-order valence-corrected chi connectivity index (χ4v) is 6.31. The number of hydrogen-bond donors (Lipinski definition) is 7. The van der Waals surface area contributed by atoms with Gasteiger partial charge in [-0.3, -0.25) is 11.1 Å². The van der Waals surface area contributed by atoms with E-state index in [1.807, 2.05) is 4.90 Å². The number of methoxy groups -OCH3 is 2. The van der Waals surface area contributed by atoms with Gasteiger partial charge in [-0.2, -0.15) is 0 Å². The highest BCUT2D eigenvalue weighted by molar-refractivity contribution is 5.64. The Labute approximate surface area is 190 Å². The van der Waals surface area contributed by atoms with Crippen LogP contribution < -0.4 is 27.8 Å². The Hall–Kier alpha value is -2.01. The SMILES string of the molecule is COC1=C(OC)CCC(C(O)OC2CN3C(N)NC(COC(N)=O)C4NC(N)[N+]5(O)C2C435)=C1. The van der Waals surface area contributed by atoms with Crippen molar-refractivity contribution in [2.24, 2.45) is 17.2 Å². The number of amides is 1. The highest BCUT2D eigenvalue weighted by Gasteiger charge is 2.99. The first-order valence-electron chi connectivity index (χ1n) is 10.9. The molecule has 33 heavy (non-hydrogen) atoms. The topological polar surface area (TPSA) is 200 Å². The molecule has 0 bridgehead atoms. The number of carbonyl (C=O) groups excluding carboxylic acids is 1. The van der Waals surface area contributed by atoms with Crippen LogP contribution in [0.1, 0.15) is 12.8 Å². The molecule has 14 heteroatoms. The minimum Gasteiger partial charge on any atom is -0.497 e. The fraction of sp³-hybridized carbons (Fsp3) is 0.737. The van der Waals surface area contributed by atoms with E-state index in [9.17, 15) is 15.1 Å². The number of nitrogens with zero attached hydrogens (tertiary/aromatic N) is 2. The smallest absolute Gasteiger partial charge is 0.404 e. The van der Waals surface area contributed by atoms with Crippen LogP contribution in [0.4, 0.5) is 4.79 Å². The van der Waals surface area contributed by atoms with Crippen molar-refractivity contribution >= 4 is 6.09 Å². The molecular weight excluding hydrogens is 438 g/mol. The number of aliphatic hydroxyl groups excluding tert-OH is 1. The molecule has 184 valence electrons. The lowest BCUT2D eigenvalue weighted by atomic mass is 9.95. The Balaban J connectivity index is 1.38. The van der Waals surface area contributed by atoms with Gasteiger partial charge in [-0.15, -0.1) is 4.65 Å². The van der Waals surface area contributed by atoms with Gasteiger partial charge in [0.1, 0.15) is 30.8 Å². The van der Waals surface area contributed by atoms with Crippen LogP contribution in [0.15, 0.2) is 23.2 Å². The van der Waals surface area contributed by atoms with Crippen LogP contribution in [0.5, 0.6) is 0 Å². The lowest BCUT2D eigenvalue weighted by molar-refractivity contribution is -1.05. The molecule has 5 aliphatic rings. The first-order valence-corrected chi connectivity index (χ1v) is 10.9. The number of hydroxylamine groups is 3. The maximum absolute atomic E-state index is 11.5. The van der Waals surface area contributed by atoms with E-state index in [1.54, 1.807) is 13.2 Å². The summed E-state index contributed by atoms with van der Waals surface area (Å²) < 4.78 is 21.2. The number of nitrogens with one attached hydrogen (secondary N) is 2. The molecule has 1 amide bonds. The Bertz CT molecular complexity index is 902. The Morgan fingerprint density at radius 2 is 2.09 bits per heavy atom. The second-order valence-electron chi connectivity index (χ2n) is 9.00. The minimum atomic E-state index is -1.20. The van der Waals surface area contributed by atoms with E-state index in [0.29, 0.717) is 36.5 Å². The largest absolute Gasteiger partial charge is 0.497 e. The molecule has 5 rings (SSSR count). The Morgan fingerprint density at radius 3 is 2.76 bits per heavy atom. The van der Waals surface area contributed by atoms with Crippen LogP contribution in [-0.2, 0) is 18.9 Å². The summed E-state index contributed by atoms with van der Waals surface area (Å²) in [7, 11) is 3.11. The number of primary amides is 1. The van der Waals surface area contributed by atoms with Crippen molar-refractivity contribution in [3.05, 3.63) is 23.2 Å². The number of nitrogens with two attached hydrogens (primary N) is 3. The zero-order valence-corrected chi connectivity index (χ0v) is 18.5. The van der Waals surface area contributed by atoms with E-state index in [-0.39, 0.29) is 6.61 Å². The molecule has 9 atom stereocenters. The lowest BCUT2D eigenvalue weighted by Crippen LogP contribution is -2.74. The number of quaternary nitrogens is 1. The fourth-order valence-electron chi connectivity index (χ4n) is 6.31. The van der Waals surface area contributed by atoms with Crippen LogP contribution in [-0.4, -0.2) is 102 Å². The number of ether oxygens (including phenoxy) is 4. The monoisotopic (exact) mass is 470 g/mol. The van der Waals surface area contributed by atoms with Crippen molar-refractivity contribution < 1.29 is 38.7 Å². The van der Waals surface area contributed by atoms with Crippen LogP contribution in [0.25, 0.3) is 0 Å². The predicted molar refractivity (Wildman–Crippen MR) is 110 cm³/mol. The second kappa shape index (κ2) is 7.76. The molecule has 10 N–H and O–H groups in total. The minimum absolute atomic E-state index is 0.0370. The van der Waals surface area contributed by atoms with Gasteiger partial charge in [-0.25, -0.2) is 20.2 Å². The van der Waals surface area contributed by atoms with Gasteiger partial charge >= 0.3 is 6.09 Å². The third-order valence-electron chi connectivity index (χ3n) is 7.63. The molecule has 4 aliphatic heterocycles. The summed E-state index contributed by atoms with van der Waals surface area (Å²) in [6.45, 7) is 0.332. The molecule has 1 spiro atoms. The molecule has 14 nitrogen and oxygen atoms in total. The molecule has 0 radical (unpaired) electrons. The molecule has 0 saturated carbocycles. The maximum atomic E-state index is 11.5. The number of allylic oxidation sites excluding steroid dienone is 2. The van der Waals surface area contributed by atoms with E-state index in [4.69, 9.17) is 36.1 Å². The maximum Gasteiger partial charge on any atom is 0.404 e. The number of carbonyl (C=O) groups is 1. The van der Waals surface area contributed by atoms with Gasteiger partial charge in [-0.05, 0) is 18.1 Å². The molecule has 0 aromatic rings. The molecule has 9 unspecified atom stereocenters. The van der Waals surface area contributed by atoms with Crippen LogP contribution in [0, 0.1) is 0 Å². The highest BCUT2D eigenvalue weighted by Crippen LogP contribution is 2.65. The number of fused-ring (bicyclic) bond motifs is 1. The second-order valence-corrected chi connectivity index (χ2v) is 9.00. The first-order chi connectivity index (χ1) is 15.7. The molecular formula is C19H32N7O7+. The molecule has 4 heterocycles. The van der Waals surface area contributed by atoms with E-state index in [1.165, 1.54) is 7.11 Å². The van der Waals surface area contributed by atoms with Crippen molar-refractivity contribution in [1.82, 2.24) is 15.5 Å². The quantitative estimate of drug-likeness (QED) is 0.113. The molecule has 4 fully saturated rings. The average molecular weight is 471 g/mol. The van der Waals surface area contributed by atoms with Crippen molar-refractivity contribution in [2.45, 2.75) is 61.6 Å². The van der Waals surface area contributed by atoms with Crippen molar-refractivity contribution in [1.29, 1.82) is 0 Å². The summed E-state index contributed by atoms with van der Waals surface area (Å²) in [5.41, 5.74) is 17.6.